The Hall–Kier alpha value is -1.14. The Bertz CT molecular complexity index is 181. The summed E-state index contributed by atoms with van der Waals surface area (Å²) in [5.74, 6) is -2.37. The van der Waals surface area contributed by atoms with Crippen LogP contribution in [0.25, 0.3) is 0 Å². The van der Waals surface area contributed by atoms with Crippen LogP contribution in [0.1, 0.15) is 6.92 Å². The minimum Gasteiger partial charge on any atom is -0.480 e. The van der Waals surface area contributed by atoms with Gasteiger partial charge in [-0.1, -0.05) is 0 Å². The van der Waals surface area contributed by atoms with E-state index in [2.05, 4.69) is 4.74 Å². The van der Waals surface area contributed by atoms with Crippen molar-refractivity contribution in [1.29, 1.82) is 0 Å². The van der Waals surface area contributed by atoms with Gasteiger partial charge in [0.05, 0.1) is 6.10 Å². The zero-order valence-electron chi connectivity index (χ0n) is 6.56. The topological polar surface area (TPSA) is 110 Å². The quantitative estimate of drug-likeness (QED) is 0.491. The molecular weight excluding hydrogens is 166 g/mol. The maximum atomic E-state index is 10.2. The molecule has 0 radical (unpaired) electrons. The number of carbonyl (C=O) groups is 2. The molecule has 0 amide bonds. The first-order chi connectivity index (χ1) is 5.45. The van der Waals surface area contributed by atoms with Crippen LogP contribution in [-0.2, 0) is 14.3 Å². The van der Waals surface area contributed by atoms with Gasteiger partial charge in [-0.3, -0.25) is 4.79 Å². The van der Waals surface area contributed by atoms with Crippen molar-refractivity contribution in [3.63, 3.8) is 0 Å². The van der Waals surface area contributed by atoms with Gasteiger partial charge in [0.25, 0.3) is 0 Å². The van der Waals surface area contributed by atoms with E-state index in [4.69, 9.17) is 15.9 Å². The Kier molecular flexibility index (Phi) is 4.24. The molecule has 0 heterocycles. The third-order valence-electron chi connectivity index (χ3n) is 1.26. The van der Waals surface area contributed by atoms with Crippen molar-refractivity contribution in [1.82, 2.24) is 0 Å². The van der Waals surface area contributed by atoms with Crippen LogP contribution in [0, 0.1) is 0 Å². The molecule has 0 spiro atoms. The molecule has 0 saturated carbocycles. The largest absolute Gasteiger partial charge is 0.480 e. The maximum absolute atomic E-state index is 10.2. The molecule has 70 valence electrons. The third kappa shape index (κ3) is 3.89. The lowest BCUT2D eigenvalue weighted by molar-refractivity contribution is -0.149. The second kappa shape index (κ2) is 4.68. The molecule has 0 aromatic carbocycles. The number of aliphatic carboxylic acids is 2. The summed E-state index contributed by atoms with van der Waals surface area (Å²) >= 11 is 0. The Balaban J connectivity index is 3.79. The van der Waals surface area contributed by atoms with E-state index in [0.717, 1.165) is 0 Å². The first-order valence-corrected chi connectivity index (χ1v) is 3.27. The van der Waals surface area contributed by atoms with E-state index in [1.54, 1.807) is 0 Å². The fraction of sp³-hybridized carbons (Fsp3) is 0.667. The maximum Gasteiger partial charge on any atom is 0.329 e. The summed E-state index contributed by atoms with van der Waals surface area (Å²) in [5, 5.41) is 16.5. The van der Waals surface area contributed by atoms with Crippen molar-refractivity contribution in [3.8, 4) is 0 Å². The van der Waals surface area contributed by atoms with Crippen LogP contribution in [-0.4, -0.2) is 40.9 Å². The summed E-state index contributed by atoms with van der Waals surface area (Å²) in [5.41, 5.74) is 5.13. The Morgan fingerprint density at radius 3 is 2.33 bits per heavy atom. The molecule has 0 aliphatic rings. The van der Waals surface area contributed by atoms with Gasteiger partial charge in [0.15, 0.2) is 0 Å². The summed E-state index contributed by atoms with van der Waals surface area (Å²) in [4.78, 5) is 20.2. The van der Waals surface area contributed by atoms with E-state index in [-0.39, 0.29) is 0 Å². The van der Waals surface area contributed by atoms with Gasteiger partial charge in [-0.2, -0.15) is 0 Å². The average molecular weight is 177 g/mol. The summed E-state index contributed by atoms with van der Waals surface area (Å²) < 4.78 is 4.62. The lowest BCUT2D eigenvalue weighted by Gasteiger charge is -2.14. The second-order valence-electron chi connectivity index (χ2n) is 2.27. The number of carboxylic acid groups (broad SMARTS) is 2. The molecule has 0 rings (SSSR count). The predicted octanol–water partition coefficient (Wildman–Crippen LogP) is -1.11. The molecule has 2 atom stereocenters. The fourth-order valence-electron chi connectivity index (χ4n) is 0.507. The number of carboxylic acids is 2. The minimum absolute atomic E-state index is 0.540. The van der Waals surface area contributed by atoms with Crippen LogP contribution < -0.4 is 5.73 Å². The van der Waals surface area contributed by atoms with Crippen LogP contribution in [0.5, 0.6) is 0 Å². The van der Waals surface area contributed by atoms with Crippen molar-refractivity contribution < 1.29 is 24.5 Å². The molecule has 4 N–H and O–H groups in total. The molecule has 0 bridgehead atoms. The molecule has 0 aliphatic heterocycles. The standard InChI is InChI=1S/C6H11NO5/c1-3(5(7)6(10)11)12-2-4(8)9/h3,5H,2,7H2,1H3,(H,8,9)(H,10,11)/t3-,5+/m1/s1. The summed E-state index contributed by atoms with van der Waals surface area (Å²) in [6.45, 7) is 0.865. The van der Waals surface area contributed by atoms with Gasteiger partial charge in [-0.15, -0.1) is 0 Å². The number of ether oxygens (including phenoxy) is 1. The lowest BCUT2D eigenvalue weighted by Crippen LogP contribution is -2.42. The molecule has 6 heteroatoms. The molecule has 0 aromatic heterocycles. The highest BCUT2D eigenvalue weighted by Crippen LogP contribution is 1.95. The van der Waals surface area contributed by atoms with Gasteiger partial charge in [-0.25, -0.2) is 4.79 Å². The first kappa shape index (κ1) is 10.9. The van der Waals surface area contributed by atoms with Crippen molar-refractivity contribution in [3.05, 3.63) is 0 Å². The van der Waals surface area contributed by atoms with Crippen molar-refractivity contribution in [2.75, 3.05) is 6.61 Å². The smallest absolute Gasteiger partial charge is 0.329 e. The van der Waals surface area contributed by atoms with Crippen molar-refractivity contribution >= 4 is 11.9 Å². The van der Waals surface area contributed by atoms with Crippen LogP contribution in [0.4, 0.5) is 0 Å². The SMILES string of the molecule is C[C@@H](OCC(=O)O)[C@H](N)C(=O)O. The molecule has 12 heavy (non-hydrogen) atoms. The van der Waals surface area contributed by atoms with Gasteiger partial charge < -0.3 is 20.7 Å². The normalized spacial score (nSPS) is 15.2. The fourth-order valence-corrected chi connectivity index (χ4v) is 0.507. The Morgan fingerprint density at radius 2 is 2.00 bits per heavy atom. The molecular formula is C6H11NO5. The molecule has 0 saturated heterocycles. The molecule has 0 unspecified atom stereocenters. The van der Waals surface area contributed by atoms with Gasteiger partial charge in [-0.05, 0) is 6.92 Å². The number of hydrogen-bond acceptors (Lipinski definition) is 4. The summed E-state index contributed by atoms with van der Waals surface area (Å²) in [6.07, 6.45) is -0.807. The number of hydrogen-bond donors (Lipinski definition) is 3. The highest BCUT2D eigenvalue weighted by molar-refractivity contribution is 5.74. The predicted molar refractivity (Wildman–Crippen MR) is 38.7 cm³/mol. The van der Waals surface area contributed by atoms with E-state index in [0.29, 0.717) is 0 Å². The molecule has 6 nitrogen and oxygen atoms in total. The zero-order chi connectivity index (χ0) is 9.72. The summed E-state index contributed by atoms with van der Waals surface area (Å²) in [6, 6.07) is -1.19. The Morgan fingerprint density at radius 1 is 1.50 bits per heavy atom. The van der Waals surface area contributed by atoms with E-state index in [1.807, 2.05) is 0 Å². The molecule has 0 fully saturated rings. The lowest BCUT2D eigenvalue weighted by atomic mass is 10.2. The highest BCUT2D eigenvalue weighted by atomic mass is 16.5. The first-order valence-electron chi connectivity index (χ1n) is 3.27. The van der Waals surface area contributed by atoms with Crippen LogP contribution in [0.2, 0.25) is 0 Å². The summed E-state index contributed by atoms with van der Waals surface area (Å²) in [7, 11) is 0. The van der Waals surface area contributed by atoms with E-state index in [9.17, 15) is 9.59 Å². The van der Waals surface area contributed by atoms with E-state index >= 15 is 0 Å². The van der Waals surface area contributed by atoms with Crippen molar-refractivity contribution in [2.45, 2.75) is 19.1 Å². The van der Waals surface area contributed by atoms with Crippen LogP contribution >= 0.6 is 0 Å². The van der Waals surface area contributed by atoms with Gasteiger partial charge in [0.1, 0.15) is 12.6 Å². The van der Waals surface area contributed by atoms with Crippen molar-refractivity contribution in [2.24, 2.45) is 5.73 Å². The molecule has 0 aliphatic carbocycles. The van der Waals surface area contributed by atoms with Crippen LogP contribution in [0.3, 0.4) is 0 Å². The second-order valence-corrected chi connectivity index (χ2v) is 2.27. The Labute approximate surface area is 68.9 Å². The minimum atomic E-state index is -1.21. The monoisotopic (exact) mass is 177 g/mol. The van der Waals surface area contributed by atoms with Gasteiger partial charge >= 0.3 is 11.9 Å². The van der Waals surface area contributed by atoms with Gasteiger partial charge in [0.2, 0.25) is 0 Å². The zero-order valence-corrected chi connectivity index (χ0v) is 6.56. The van der Waals surface area contributed by atoms with Gasteiger partial charge in [0, 0.05) is 0 Å². The highest BCUT2D eigenvalue weighted by Gasteiger charge is 2.20. The third-order valence-corrected chi connectivity index (χ3v) is 1.26. The molecule has 0 aromatic rings. The average Bonchev–Trinajstić information content (AvgIpc) is 1.98. The number of nitrogens with two attached hydrogens (primary N) is 1. The van der Waals surface area contributed by atoms with Crippen LogP contribution in [0.15, 0.2) is 0 Å². The number of rotatable bonds is 5. The van der Waals surface area contributed by atoms with E-state index < -0.39 is 30.7 Å². The van der Waals surface area contributed by atoms with E-state index in [1.165, 1.54) is 6.92 Å².